The van der Waals surface area contributed by atoms with E-state index in [0.717, 1.165) is 22.4 Å². The number of aromatic nitrogens is 1. The van der Waals surface area contributed by atoms with E-state index >= 15 is 0 Å². The van der Waals surface area contributed by atoms with Crippen LogP contribution in [0.3, 0.4) is 0 Å². The highest BCUT2D eigenvalue weighted by atomic mass is 16.5. The van der Waals surface area contributed by atoms with Crippen molar-refractivity contribution in [1.82, 2.24) is 4.98 Å². The van der Waals surface area contributed by atoms with E-state index in [-0.39, 0.29) is 0 Å². The van der Waals surface area contributed by atoms with Crippen molar-refractivity contribution >= 4 is 18.0 Å². The average molecular weight is 188 g/mol. The minimum absolute atomic E-state index is 0.540. The van der Waals surface area contributed by atoms with Crippen LogP contribution in [0.5, 0.6) is 0 Å². The smallest absolute Gasteiger partial charge is 0.130 e. The lowest BCUT2D eigenvalue weighted by atomic mass is 10.0. The van der Waals surface area contributed by atoms with Gasteiger partial charge in [0.1, 0.15) is 5.82 Å². The van der Waals surface area contributed by atoms with Crippen molar-refractivity contribution in [1.29, 1.82) is 0 Å². The van der Waals surface area contributed by atoms with Gasteiger partial charge in [-0.25, -0.2) is 4.98 Å². The van der Waals surface area contributed by atoms with Gasteiger partial charge in [-0.05, 0) is 11.6 Å². The Morgan fingerprint density at radius 2 is 1.93 bits per heavy atom. The van der Waals surface area contributed by atoms with Crippen molar-refractivity contribution in [3.63, 3.8) is 0 Å². The van der Waals surface area contributed by atoms with Gasteiger partial charge in [0.05, 0.1) is 18.9 Å². The van der Waals surface area contributed by atoms with Gasteiger partial charge in [0, 0.05) is 11.1 Å². The van der Waals surface area contributed by atoms with Crippen LogP contribution >= 0.6 is 0 Å². The van der Waals surface area contributed by atoms with Gasteiger partial charge in [0.25, 0.3) is 0 Å². The molecule has 0 fully saturated rings. The molecule has 0 aromatic carbocycles. The molecule has 0 spiro atoms. The molecule has 2 N–H and O–H groups in total. The van der Waals surface area contributed by atoms with Crippen LogP contribution in [-0.2, 0) is 18.0 Å². The molecule has 1 aromatic rings. The summed E-state index contributed by atoms with van der Waals surface area (Å²) in [4.78, 5) is 4.24. The maximum absolute atomic E-state index is 5.80. The quantitative estimate of drug-likeness (QED) is 0.772. The van der Waals surface area contributed by atoms with Crippen LogP contribution in [0.15, 0.2) is 13.2 Å². The van der Waals surface area contributed by atoms with E-state index in [4.69, 9.17) is 10.5 Å². The van der Waals surface area contributed by atoms with Crippen LogP contribution in [0.4, 0.5) is 5.82 Å². The molecule has 1 aromatic heterocycles. The molecule has 72 valence electrons. The van der Waals surface area contributed by atoms with E-state index in [1.165, 1.54) is 0 Å². The van der Waals surface area contributed by atoms with Crippen molar-refractivity contribution in [3.8, 4) is 0 Å². The molecule has 0 atom stereocenters. The topological polar surface area (TPSA) is 48.1 Å². The Labute approximate surface area is 82.9 Å². The van der Waals surface area contributed by atoms with Gasteiger partial charge in [-0.1, -0.05) is 19.2 Å². The lowest BCUT2D eigenvalue weighted by Gasteiger charge is -2.08. The molecule has 1 aliphatic rings. The second kappa shape index (κ2) is 3.27. The summed E-state index contributed by atoms with van der Waals surface area (Å²) >= 11 is 0. The van der Waals surface area contributed by atoms with Crippen LogP contribution in [0.25, 0.3) is 12.2 Å². The third-order valence-electron chi connectivity index (χ3n) is 2.41. The van der Waals surface area contributed by atoms with Gasteiger partial charge in [0.2, 0.25) is 0 Å². The van der Waals surface area contributed by atoms with E-state index in [1.807, 2.05) is 0 Å². The first-order chi connectivity index (χ1) is 6.77. The Hall–Kier alpha value is -1.61. The number of pyridine rings is 1. The summed E-state index contributed by atoms with van der Waals surface area (Å²) in [5.74, 6) is 0.540. The average Bonchev–Trinajstić information content (AvgIpc) is 2.66. The number of nitrogens with two attached hydrogens (primary N) is 1. The molecule has 14 heavy (non-hydrogen) atoms. The molecule has 0 bridgehead atoms. The molecular formula is C11H12N2O. The van der Waals surface area contributed by atoms with Crippen molar-refractivity contribution < 1.29 is 4.74 Å². The van der Waals surface area contributed by atoms with E-state index in [1.54, 1.807) is 12.2 Å². The van der Waals surface area contributed by atoms with Gasteiger partial charge in [-0.2, -0.15) is 0 Å². The molecule has 3 heteroatoms. The lowest BCUT2D eigenvalue weighted by Crippen LogP contribution is -2.02. The van der Waals surface area contributed by atoms with Crippen molar-refractivity contribution in [2.45, 2.75) is 13.2 Å². The summed E-state index contributed by atoms with van der Waals surface area (Å²) in [6.45, 7) is 8.60. The predicted molar refractivity (Wildman–Crippen MR) is 57.3 cm³/mol. The molecule has 0 amide bonds. The fraction of sp³-hybridized carbons (Fsp3) is 0.182. The van der Waals surface area contributed by atoms with Crippen LogP contribution in [0.1, 0.15) is 22.4 Å². The van der Waals surface area contributed by atoms with Gasteiger partial charge < -0.3 is 10.5 Å². The Balaban J connectivity index is 2.73. The number of anilines is 1. The zero-order valence-corrected chi connectivity index (χ0v) is 7.92. The van der Waals surface area contributed by atoms with Gasteiger partial charge in [-0.3, -0.25) is 0 Å². The minimum Gasteiger partial charge on any atom is -0.383 e. The molecule has 1 aliphatic heterocycles. The summed E-state index contributed by atoms with van der Waals surface area (Å²) < 4.78 is 5.34. The maximum Gasteiger partial charge on any atom is 0.130 e. The van der Waals surface area contributed by atoms with E-state index in [9.17, 15) is 0 Å². The molecule has 2 rings (SSSR count). The number of fused-ring (bicyclic) bond motifs is 1. The number of hydrogen-bond acceptors (Lipinski definition) is 3. The Morgan fingerprint density at radius 1 is 1.21 bits per heavy atom. The third-order valence-corrected chi connectivity index (χ3v) is 2.41. The predicted octanol–water partition coefficient (Wildman–Crippen LogP) is 1.98. The molecule has 0 aliphatic carbocycles. The zero-order valence-electron chi connectivity index (χ0n) is 7.92. The highest BCUT2D eigenvalue weighted by Gasteiger charge is 2.20. The van der Waals surface area contributed by atoms with E-state index in [2.05, 4.69) is 18.1 Å². The normalized spacial score (nSPS) is 13.7. The first-order valence-electron chi connectivity index (χ1n) is 4.41. The summed E-state index contributed by atoms with van der Waals surface area (Å²) in [6, 6.07) is 0. The first kappa shape index (κ1) is 8.97. The van der Waals surface area contributed by atoms with Gasteiger partial charge in [0.15, 0.2) is 0 Å². The molecule has 0 unspecified atom stereocenters. The van der Waals surface area contributed by atoms with Crippen LogP contribution in [-0.4, -0.2) is 4.98 Å². The molecule has 0 saturated heterocycles. The minimum atomic E-state index is 0.540. The van der Waals surface area contributed by atoms with Gasteiger partial charge >= 0.3 is 0 Å². The highest BCUT2D eigenvalue weighted by Crippen LogP contribution is 2.30. The summed E-state index contributed by atoms with van der Waals surface area (Å²) in [5, 5.41) is 0. The number of hydrogen-bond donors (Lipinski definition) is 1. The lowest BCUT2D eigenvalue weighted by molar-refractivity contribution is 0.134. The maximum atomic E-state index is 5.80. The van der Waals surface area contributed by atoms with Crippen molar-refractivity contribution in [2.75, 3.05) is 5.73 Å². The largest absolute Gasteiger partial charge is 0.383 e. The summed E-state index contributed by atoms with van der Waals surface area (Å²) in [7, 11) is 0. The van der Waals surface area contributed by atoms with Crippen molar-refractivity contribution in [3.05, 3.63) is 35.5 Å². The van der Waals surface area contributed by atoms with Crippen molar-refractivity contribution in [2.24, 2.45) is 0 Å². The first-order valence-corrected chi connectivity index (χ1v) is 4.41. The second-order valence-electron chi connectivity index (χ2n) is 3.15. The third kappa shape index (κ3) is 1.14. The SMILES string of the molecule is C=Cc1nc(N)c2c(c1C=C)COC2. The zero-order chi connectivity index (χ0) is 10.1. The Bertz CT molecular complexity index is 410. The van der Waals surface area contributed by atoms with Gasteiger partial charge in [-0.15, -0.1) is 0 Å². The molecule has 0 radical (unpaired) electrons. The number of ether oxygens (including phenoxy) is 1. The van der Waals surface area contributed by atoms with Crippen LogP contribution < -0.4 is 5.73 Å². The standard InChI is InChI=1S/C11H12N2O/c1-3-7-8-5-14-6-9(8)11(12)13-10(7)4-2/h3-4H,1-2,5-6H2,(H2,12,13). The molecule has 2 heterocycles. The van der Waals surface area contributed by atoms with E-state index in [0.29, 0.717) is 19.0 Å². The van der Waals surface area contributed by atoms with E-state index < -0.39 is 0 Å². The monoisotopic (exact) mass is 188 g/mol. The van der Waals surface area contributed by atoms with Crippen LogP contribution in [0, 0.1) is 0 Å². The summed E-state index contributed by atoms with van der Waals surface area (Å²) in [5.41, 5.74) is 9.66. The Morgan fingerprint density at radius 3 is 2.57 bits per heavy atom. The summed E-state index contributed by atoms with van der Waals surface area (Å²) in [6.07, 6.45) is 3.46. The molecule has 0 saturated carbocycles. The number of nitrogen functional groups attached to an aromatic ring is 1. The molecule has 3 nitrogen and oxygen atoms in total. The van der Waals surface area contributed by atoms with Crippen LogP contribution in [0.2, 0.25) is 0 Å². The number of nitrogens with zero attached hydrogens (tertiary/aromatic N) is 1. The highest BCUT2D eigenvalue weighted by molar-refractivity contribution is 5.68. The second-order valence-corrected chi connectivity index (χ2v) is 3.15. The Kier molecular flexibility index (Phi) is 2.09. The fourth-order valence-corrected chi connectivity index (χ4v) is 1.69. The number of rotatable bonds is 2. The molecular weight excluding hydrogens is 176 g/mol. The fourth-order valence-electron chi connectivity index (χ4n) is 1.69.